The summed E-state index contributed by atoms with van der Waals surface area (Å²) in [6.45, 7) is 10.5. The van der Waals surface area contributed by atoms with Crippen LogP contribution in [0.1, 0.15) is 38.4 Å². The maximum absolute atomic E-state index is 12.4. The summed E-state index contributed by atoms with van der Waals surface area (Å²) in [6, 6.07) is 0.162. The van der Waals surface area contributed by atoms with Crippen LogP contribution in [0.25, 0.3) is 0 Å². The normalized spacial score (nSPS) is 23.2. The van der Waals surface area contributed by atoms with E-state index < -0.39 is 0 Å². The van der Waals surface area contributed by atoms with Crippen molar-refractivity contribution in [1.82, 2.24) is 10.3 Å². The highest BCUT2D eigenvalue weighted by atomic mass is 32.1. The second-order valence-corrected chi connectivity index (χ2v) is 7.27. The van der Waals surface area contributed by atoms with E-state index in [0.29, 0.717) is 19.6 Å². The van der Waals surface area contributed by atoms with Crippen LogP contribution in [0.4, 0.5) is 0 Å². The summed E-state index contributed by atoms with van der Waals surface area (Å²) in [5.41, 5.74) is 1.11. The van der Waals surface area contributed by atoms with E-state index in [2.05, 4.69) is 43.4 Å². The molecule has 2 unspecified atom stereocenters. The molecular weight excluding hydrogens is 272 g/mol. The molecule has 0 saturated carbocycles. The number of nitrogens with zero attached hydrogens (tertiary/aromatic N) is 1. The summed E-state index contributed by atoms with van der Waals surface area (Å²) in [6.07, 6.45) is 0.427. The largest absolute Gasteiger partial charge is 0.379 e. The van der Waals surface area contributed by atoms with Crippen molar-refractivity contribution < 1.29 is 9.53 Å². The van der Waals surface area contributed by atoms with Gasteiger partial charge in [-0.1, -0.05) is 27.7 Å². The summed E-state index contributed by atoms with van der Waals surface area (Å²) in [7, 11) is 0. The summed E-state index contributed by atoms with van der Waals surface area (Å²) >= 11 is 1.58. The number of nitrogens with one attached hydrogen (secondary N) is 1. The predicted octanol–water partition coefficient (Wildman–Crippen LogP) is 2.18. The van der Waals surface area contributed by atoms with E-state index >= 15 is 0 Å². The minimum Gasteiger partial charge on any atom is -0.379 e. The zero-order valence-electron chi connectivity index (χ0n) is 12.7. The first-order chi connectivity index (χ1) is 9.41. The highest BCUT2D eigenvalue weighted by Crippen LogP contribution is 2.25. The van der Waals surface area contributed by atoms with E-state index in [1.54, 1.807) is 11.3 Å². The predicted molar refractivity (Wildman–Crippen MR) is 81.3 cm³/mol. The number of aromatic nitrogens is 1. The van der Waals surface area contributed by atoms with Crippen molar-refractivity contribution in [2.24, 2.45) is 5.92 Å². The molecule has 0 radical (unpaired) electrons. The van der Waals surface area contributed by atoms with E-state index in [9.17, 15) is 4.79 Å². The van der Waals surface area contributed by atoms with E-state index in [1.807, 2.05) is 0 Å². The van der Waals surface area contributed by atoms with Gasteiger partial charge in [0.2, 0.25) is 0 Å². The monoisotopic (exact) mass is 296 g/mol. The number of rotatable bonds is 5. The van der Waals surface area contributed by atoms with Crippen LogP contribution in [-0.2, 0) is 21.4 Å². The van der Waals surface area contributed by atoms with Crippen molar-refractivity contribution in [3.63, 3.8) is 0 Å². The molecule has 2 heterocycles. The number of hydrogen-bond acceptors (Lipinski definition) is 5. The minimum atomic E-state index is -0.0306. The second kappa shape index (κ2) is 6.33. The van der Waals surface area contributed by atoms with Gasteiger partial charge in [-0.05, 0) is 6.54 Å². The van der Waals surface area contributed by atoms with Crippen LogP contribution >= 0.6 is 11.3 Å². The van der Waals surface area contributed by atoms with Crippen molar-refractivity contribution in [3.05, 3.63) is 16.1 Å². The molecular formula is C15H24N2O2S. The van der Waals surface area contributed by atoms with Crippen LogP contribution < -0.4 is 5.32 Å². The summed E-state index contributed by atoms with van der Waals surface area (Å²) < 4.78 is 5.44. The lowest BCUT2D eigenvalue weighted by Crippen LogP contribution is -2.39. The molecule has 0 amide bonds. The smallest absolute Gasteiger partial charge is 0.146 e. The zero-order valence-corrected chi connectivity index (χ0v) is 13.5. The second-order valence-electron chi connectivity index (χ2n) is 6.33. The van der Waals surface area contributed by atoms with Gasteiger partial charge in [-0.25, -0.2) is 4.98 Å². The van der Waals surface area contributed by atoms with Crippen molar-refractivity contribution in [2.45, 2.75) is 45.6 Å². The molecule has 5 heteroatoms. The van der Waals surface area contributed by atoms with E-state index in [0.717, 1.165) is 17.2 Å². The number of carbonyl (C=O) groups is 1. The lowest BCUT2D eigenvalue weighted by atomic mass is 9.93. The Bertz CT molecular complexity index is 465. The van der Waals surface area contributed by atoms with Gasteiger partial charge in [0, 0.05) is 16.8 Å². The van der Waals surface area contributed by atoms with Gasteiger partial charge in [-0.15, -0.1) is 11.3 Å². The lowest BCUT2D eigenvalue weighted by Gasteiger charge is -2.16. The number of carbonyl (C=O) groups excluding carboxylic acids is 1. The van der Waals surface area contributed by atoms with E-state index in [1.165, 1.54) is 0 Å². The molecule has 1 aromatic heterocycles. The third-order valence-corrected chi connectivity index (χ3v) is 4.45. The number of ketones is 1. The average molecular weight is 296 g/mol. The van der Waals surface area contributed by atoms with Crippen LogP contribution in [0.2, 0.25) is 0 Å². The maximum Gasteiger partial charge on any atom is 0.146 e. The fraction of sp³-hybridized carbons (Fsp3) is 0.733. The molecule has 1 aliphatic heterocycles. The van der Waals surface area contributed by atoms with Gasteiger partial charge >= 0.3 is 0 Å². The summed E-state index contributed by atoms with van der Waals surface area (Å²) in [4.78, 5) is 17.0. The number of thiazole rings is 1. The van der Waals surface area contributed by atoms with Crippen molar-refractivity contribution in [2.75, 3.05) is 19.8 Å². The van der Waals surface area contributed by atoms with Gasteiger partial charge < -0.3 is 10.1 Å². The quantitative estimate of drug-likeness (QED) is 0.905. The van der Waals surface area contributed by atoms with Gasteiger partial charge in [0.05, 0.1) is 31.2 Å². The highest BCUT2D eigenvalue weighted by molar-refractivity contribution is 7.09. The first-order valence-corrected chi connectivity index (χ1v) is 8.08. The molecule has 2 atom stereocenters. The van der Waals surface area contributed by atoms with Crippen molar-refractivity contribution >= 4 is 17.1 Å². The fourth-order valence-electron chi connectivity index (χ4n) is 2.35. The average Bonchev–Trinajstić information content (AvgIpc) is 2.97. The molecule has 4 nitrogen and oxygen atoms in total. The van der Waals surface area contributed by atoms with E-state index in [4.69, 9.17) is 4.74 Å². The van der Waals surface area contributed by atoms with E-state index in [-0.39, 0.29) is 23.2 Å². The summed E-state index contributed by atoms with van der Waals surface area (Å²) in [5, 5.41) is 6.31. The standard InChI is InChI=1S/C15H24N2O2S/c1-5-16-11-8-19-7-10(11)12(18)6-14-17-13(9-20-14)15(2,3)4/h9-11,16H,5-8H2,1-4H3. The van der Waals surface area contributed by atoms with Gasteiger partial charge in [0.15, 0.2) is 0 Å². The van der Waals surface area contributed by atoms with Crippen LogP contribution in [0, 0.1) is 5.92 Å². The fourth-order valence-corrected chi connectivity index (χ4v) is 3.38. The van der Waals surface area contributed by atoms with Crippen LogP contribution in [0.3, 0.4) is 0 Å². The Hall–Kier alpha value is -0.780. The molecule has 0 aromatic carbocycles. The SMILES string of the molecule is CCNC1COCC1C(=O)Cc1nc(C(C)(C)C)cs1. The first-order valence-electron chi connectivity index (χ1n) is 7.20. The molecule has 1 N–H and O–H groups in total. The Balaban J connectivity index is 1.99. The Morgan fingerprint density at radius 1 is 1.50 bits per heavy atom. The topological polar surface area (TPSA) is 51.2 Å². The van der Waals surface area contributed by atoms with Gasteiger partial charge in [0.1, 0.15) is 10.8 Å². The number of likely N-dealkylation sites (N-methyl/N-ethyl adjacent to an activating group) is 1. The van der Waals surface area contributed by atoms with Gasteiger partial charge in [-0.3, -0.25) is 4.79 Å². The van der Waals surface area contributed by atoms with Crippen LogP contribution in [0.15, 0.2) is 5.38 Å². The van der Waals surface area contributed by atoms with Crippen LogP contribution in [0.5, 0.6) is 0 Å². The molecule has 20 heavy (non-hydrogen) atoms. The lowest BCUT2D eigenvalue weighted by molar-refractivity contribution is -0.122. The van der Waals surface area contributed by atoms with Crippen molar-refractivity contribution in [1.29, 1.82) is 0 Å². The number of hydrogen-bond donors (Lipinski definition) is 1. The molecule has 0 aliphatic carbocycles. The Morgan fingerprint density at radius 3 is 2.85 bits per heavy atom. The van der Waals surface area contributed by atoms with Crippen LogP contribution in [-0.4, -0.2) is 36.6 Å². The summed E-state index contributed by atoms with van der Waals surface area (Å²) in [5.74, 6) is 0.209. The zero-order chi connectivity index (χ0) is 14.8. The molecule has 1 aromatic rings. The molecule has 0 bridgehead atoms. The third-order valence-electron chi connectivity index (χ3n) is 3.61. The Morgan fingerprint density at radius 2 is 2.25 bits per heavy atom. The van der Waals surface area contributed by atoms with Gasteiger partial charge in [-0.2, -0.15) is 0 Å². The minimum absolute atomic E-state index is 0.0306. The maximum atomic E-state index is 12.4. The molecule has 1 aliphatic rings. The highest BCUT2D eigenvalue weighted by Gasteiger charge is 2.33. The Kier molecular flexibility index (Phi) is 4.94. The third kappa shape index (κ3) is 3.65. The Labute approximate surface area is 124 Å². The molecule has 112 valence electrons. The number of Topliss-reactive ketones (excluding diaryl/α,β-unsaturated/α-hetero) is 1. The van der Waals surface area contributed by atoms with Gasteiger partial charge in [0.25, 0.3) is 0 Å². The van der Waals surface area contributed by atoms with Crippen molar-refractivity contribution in [3.8, 4) is 0 Å². The molecule has 2 rings (SSSR count). The molecule has 1 fully saturated rings. The molecule has 0 spiro atoms. The molecule has 1 saturated heterocycles. The first kappa shape index (κ1) is 15.6. The number of ether oxygens (including phenoxy) is 1.